The molecule has 0 fully saturated rings. The minimum Gasteiger partial charge on any atom is -0.358 e. The van der Waals surface area contributed by atoms with Crippen molar-refractivity contribution in [3.8, 4) is 0 Å². The van der Waals surface area contributed by atoms with E-state index in [9.17, 15) is 0 Å². The van der Waals surface area contributed by atoms with Crippen LogP contribution in [0.25, 0.3) is 10.9 Å². The molecule has 1 heterocycles. The molecule has 1 aromatic carbocycles. The third-order valence-electron chi connectivity index (χ3n) is 1.45. The van der Waals surface area contributed by atoms with E-state index in [-0.39, 0.29) is 98.9 Å². The van der Waals surface area contributed by atoms with Gasteiger partial charge in [-0.3, -0.25) is 4.98 Å². The van der Waals surface area contributed by atoms with Crippen LogP contribution in [-0.4, -0.2) is 4.98 Å². The van der Waals surface area contributed by atoms with E-state index in [0.29, 0.717) is 0 Å². The molecule has 0 aliphatic heterocycles. The number of rotatable bonds is 0. The van der Waals surface area contributed by atoms with Gasteiger partial charge in [0, 0.05) is 38.9 Å². The van der Waals surface area contributed by atoms with Gasteiger partial charge in [0.05, 0.1) is 0 Å². The zero-order valence-corrected chi connectivity index (χ0v) is 17.0. The Bertz CT molecular complexity index is 287. The van der Waals surface area contributed by atoms with Gasteiger partial charge in [0.2, 0.25) is 0 Å². The van der Waals surface area contributed by atoms with Crippen LogP contribution >= 0.6 is 0 Å². The smallest absolute Gasteiger partial charge is 0.358 e. The summed E-state index contributed by atoms with van der Waals surface area (Å²) in [5.41, 5.74) is 1.03. The number of nitrogens with zero attached hydrogens (tertiary/aromatic N) is 1. The van der Waals surface area contributed by atoms with E-state index in [0.717, 1.165) is 10.9 Å². The third-order valence-corrected chi connectivity index (χ3v) is 1.45. The summed E-state index contributed by atoms with van der Waals surface area (Å²) in [4.78, 5) is 4.16. The van der Waals surface area contributed by atoms with Crippen LogP contribution < -0.4 is 51.4 Å². The first-order valence-corrected chi connectivity index (χ1v) is 4.18. The molecule has 81 valence electrons. The van der Waals surface area contributed by atoms with Crippen molar-refractivity contribution in [2.75, 3.05) is 0 Å². The Morgan fingerprint density at radius 3 is 2.31 bits per heavy atom. The number of fused-ring (bicyclic) bond motifs is 1. The predicted octanol–water partition coefficient (Wildman–Crippen LogP) is 0.963. The molecule has 2 aromatic rings. The predicted molar refractivity (Wildman–Crippen MR) is 64.8 cm³/mol. The summed E-state index contributed by atoms with van der Waals surface area (Å²) in [5.74, 6) is 0. The molecule has 0 bridgehead atoms. The van der Waals surface area contributed by atoms with Crippen molar-refractivity contribution in [3.05, 3.63) is 57.4 Å². The Morgan fingerprint density at radius 1 is 1.12 bits per heavy atom. The van der Waals surface area contributed by atoms with E-state index in [4.69, 9.17) is 0 Å². The van der Waals surface area contributed by atoms with Gasteiger partial charge < -0.3 is 14.9 Å². The number of aromatic nitrogens is 1. The van der Waals surface area contributed by atoms with E-state index in [1.165, 1.54) is 0 Å². The summed E-state index contributed by atoms with van der Waals surface area (Å²) in [6, 6.07) is 12.7. The maximum atomic E-state index is 4.16. The maximum absolute atomic E-state index is 4.16. The van der Waals surface area contributed by atoms with E-state index in [1.54, 1.807) is 6.20 Å². The largest absolute Gasteiger partial charge is 1.00 e. The second-order valence-electron chi connectivity index (χ2n) is 2.12. The average Bonchev–Trinajstić information content (AvgIpc) is 2.21. The van der Waals surface area contributed by atoms with Gasteiger partial charge in [-0.15, -0.1) is 17.5 Å². The van der Waals surface area contributed by atoms with Crippen LogP contribution in [0.3, 0.4) is 0 Å². The van der Waals surface area contributed by atoms with Gasteiger partial charge in [-0.1, -0.05) is 19.9 Å². The fourth-order valence-corrected chi connectivity index (χ4v) is 0.956. The monoisotopic (exact) mass is 316 g/mol. The number of pyridine rings is 1. The van der Waals surface area contributed by atoms with Crippen LogP contribution in [0.15, 0.2) is 36.5 Å². The van der Waals surface area contributed by atoms with Gasteiger partial charge >= 0.3 is 51.4 Å². The Hall–Kier alpha value is 1.37. The zero-order valence-electron chi connectivity index (χ0n) is 11.0. The topological polar surface area (TPSA) is 12.9 Å². The summed E-state index contributed by atoms with van der Waals surface area (Å²) < 4.78 is 0. The molecule has 0 saturated heterocycles. The van der Waals surface area contributed by atoms with Crippen LogP contribution in [0.1, 0.15) is 13.8 Å². The van der Waals surface area contributed by atoms with Gasteiger partial charge in [0.25, 0.3) is 0 Å². The molecular formula is C13H18KNY-2. The van der Waals surface area contributed by atoms with Crippen molar-refractivity contribution in [1.82, 2.24) is 4.98 Å². The Kier molecular flexibility index (Phi) is 26.6. The van der Waals surface area contributed by atoms with E-state index in [1.807, 2.05) is 44.2 Å². The van der Waals surface area contributed by atoms with Crippen molar-refractivity contribution >= 4 is 10.9 Å². The van der Waals surface area contributed by atoms with Crippen molar-refractivity contribution in [1.29, 1.82) is 0 Å². The molecule has 0 N–H and O–H groups in total. The van der Waals surface area contributed by atoms with Gasteiger partial charge in [-0.2, -0.15) is 18.2 Å². The van der Waals surface area contributed by atoms with Crippen LogP contribution in [0.2, 0.25) is 0 Å². The summed E-state index contributed by atoms with van der Waals surface area (Å²) in [6.45, 7) is 4.00. The fourth-order valence-electron chi connectivity index (χ4n) is 0.956. The normalized spacial score (nSPS) is 6.62. The summed E-state index contributed by atoms with van der Waals surface area (Å²) in [5, 5.41) is 1.14. The molecule has 0 saturated carbocycles. The van der Waals surface area contributed by atoms with Crippen LogP contribution in [0.4, 0.5) is 0 Å². The molecule has 0 aliphatic carbocycles. The molecule has 0 unspecified atom stereocenters. The quantitative estimate of drug-likeness (QED) is 0.521. The van der Waals surface area contributed by atoms with Crippen LogP contribution in [-0.2, 0) is 32.7 Å². The molecule has 3 heteroatoms. The molecule has 1 radical (unpaired) electrons. The van der Waals surface area contributed by atoms with Gasteiger partial charge in [0.15, 0.2) is 0 Å². The molecule has 0 amide bonds. The zero-order chi connectivity index (χ0) is 8.81. The summed E-state index contributed by atoms with van der Waals surface area (Å²) in [6.07, 6.45) is 1.79. The Labute approximate surface area is 168 Å². The van der Waals surface area contributed by atoms with Gasteiger partial charge in [0.1, 0.15) is 0 Å². The molecule has 1 nitrogen and oxygen atoms in total. The van der Waals surface area contributed by atoms with E-state index < -0.39 is 0 Å². The Balaban J connectivity index is -0.000000114. The summed E-state index contributed by atoms with van der Waals surface area (Å²) in [7, 11) is 0. The molecule has 0 atom stereocenters. The molecule has 2 rings (SSSR count). The first-order chi connectivity index (χ1) is 5.97. The van der Waals surface area contributed by atoms with Crippen LogP contribution in [0, 0.1) is 20.9 Å². The standard InChI is InChI=1S/C9H6N.C2H6.2CH3.K.Y/c1-2-6-9-8(4-1)5-3-7-10-9;1-2;;;;/h2-7H;1-2H3;2*1H3;;/q-1;;2*-1;+1;. The molecule has 16 heavy (non-hydrogen) atoms. The third kappa shape index (κ3) is 8.46. The number of hydrogen-bond donors (Lipinski definition) is 0. The second kappa shape index (κ2) is 16.4. The van der Waals surface area contributed by atoms with E-state index in [2.05, 4.69) is 11.1 Å². The fraction of sp³-hybridized carbons (Fsp3) is 0.154. The minimum absolute atomic E-state index is 0. The van der Waals surface area contributed by atoms with Crippen molar-refractivity contribution in [2.45, 2.75) is 13.8 Å². The molecular weight excluding hydrogens is 298 g/mol. The molecule has 0 aliphatic rings. The van der Waals surface area contributed by atoms with Crippen molar-refractivity contribution < 1.29 is 84.1 Å². The van der Waals surface area contributed by atoms with Crippen LogP contribution in [0.5, 0.6) is 0 Å². The second-order valence-corrected chi connectivity index (χ2v) is 2.12. The maximum Gasteiger partial charge on any atom is 1.00 e. The van der Waals surface area contributed by atoms with Gasteiger partial charge in [-0.25, -0.2) is 0 Å². The minimum atomic E-state index is 0. The van der Waals surface area contributed by atoms with Gasteiger partial charge in [-0.05, 0) is 5.52 Å². The van der Waals surface area contributed by atoms with Crippen molar-refractivity contribution in [3.63, 3.8) is 0 Å². The molecule has 1 aromatic heterocycles. The first-order valence-electron chi connectivity index (χ1n) is 4.18. The summed E-state index contributed by atoms with van der Waals surface area (Å²) >= 11 is 0. The van der Waals surface area contributed by atoms with E-state index >= 15 is 0 Å². The SMILES string of the molecule is CC.[CH3-].[CH3-].[K+].[Y].[c-]1ccc2ncccc2c1. The first kappa shape index (κ1) is 26.0. The number of benzene rings is 1. The van der Waals surface area contributed by atoms with Crippen molar-refractivity contribution in [2.24, 2.45) is 0 Å². The average molecular weight is 316 g/mol. The molecule has 0 spiro atoms. The number of hydrogen-bond acceptors (Lipinski definition) is 1. The Morgan fingerprint density at radius 2 is 1.75 bits per heavy atom.